The Morgan fingerprint density at radius 1 is 1.25 bits per heavy atom. The molecular weight excluding hydrogens is 346 g/mol. The molecule has 1 aliphatic heterocycles. The molecule has 2 N–H and O–H groups in total. The Bertz CT molecular complexity index is 980. The van der Waals surface area contributed by atoms with E-state index in [0.717, 1.165) is 17.0 Å². The molecule has 8 heteroatoms. The van der Waals surface area contributed by atoms with Crippen LogP contribution in [0.4, 0.5) is 5.13 Å². The second-order valence-corrected chi connectivity index (χ2v) is 6.30. The minimum atomic E-state index is -0.248. The number of carbonyl (C=O) groups is 1. The van der Waals surface area contributed by atoms with Gasteiger partial charge >= 0.3 is 0 Å². The van der Waals surface area contributed by atoms with Gasteiger partial charge in [0.1, 0.15) is 4.64 Å². The van der Waals surface area contributed by atoms with Crippen molar-refractivity contribution in [2.75, 3.05) is 12.1 Å². The van der Waals surface area contributed by atoms with E-state index in [-0.39, 0.29) is 12.7 Å². The number of ether oxygens (including phenoxy) is 2. The van der Waals surface area contributed by atoms with Crippen LogP contribution in [0.15, 0.2) is 41.9 Å². The van der Waals surface area contributed by atoms with Crippen molar-refractivity contribution in [2.45, 2.75) is 0 Å². The van der Waals surface area contributed by atoms with Crippen molar-refractivity contribution in [2.24, 2.45) is 0 Å². The number of nitrogens with zero attached hydrogens (tertiary/aromatic N) is 1. The van der Waals surface area contributed by atoms with Gasteiger partial charge in [-0.1, -0.05) is 12.2 Å². The van der Waals surface area contributed by atoms with Crippen LogP contribution in [0.2, 0.25) is 0 Å². The predicted octanol–water partition coefficient (Wildman–Crippen LogP) is 3.85. The SMILES string of the molecule is O=C(Nc1nc(-c2ccc3c(c2)OCO3)cs1)c1cc[nH]c(=S)c1. The molecule has 3 aromatic rings. The lowest BCUT2D eigenvalue weighted by Gasteiger charge is -2.01. The van der Waals surface area contributed by atoms with Gasteiger partial charge in [-0.25, -0.2) is 4.98 Å². The summed E-state index contributed by atoms with van der Waals surface area (Å²) in [5, 5.41) is 5.18. The molecule has 1 aromatic carbocycles. The lowest BCUT2D eigenvalue weighted by Crippen LogP contribution is -2.11. The fourth-order valence-corrected chi connectivity index (χ4v) is 3.18. The molecule has 0 fully saturated rings. The predicted molar refractivity (Wildman–Crippen MR) is 93.3 cm³/mol. The summed E-state index contributed by atoms with van der Waals surface area (Å²) >= 11 is 6.38. The van der Waals surface area contributed by atoms with Crippen molar-refractivity contribution in [1.82, 2.24) is 9.97 Å². The molecule has 0 spiro atoms. The maximum Gasteiger partial charge on any atom is 0.257 e. The van der Waals surface area contributed by atoms with Gasteiger partial charge in [0.05, 0.1) is 5.69 Å². The van der Waals surface area contributed by atoms with Crippen molar-refractivity contribution < 1.29 is 14.3 Å². The second kappa shape index (κ2) is 6.06. The maximum atomic E-state index is 12.2. The van der Waals surface area contributed by atoms with E-state index in [9.17, 15) is 4.79 Å². The Morgan fingerprint density at radius 3 is 3.00 bits per heavy atom. The maximum absolute atomic E-state index is 12.2. The van der Waals surface area contributed by atoms with Gasteiger partial charge in [-0.15, -0.1) is 11.3 Å². The third kappa shape index (κ3) is 2.89. The summed E-state index contributed by atoms with van der Waals surface area (Å²) in [5.74, 6) is 1.18. The molecule has 4 rings (SSSR count). The standard InChI is InChI=1S/C16H11N3O3S2/c20-15(10-3-4-17-14(23)6-10)19-16-18-11(7-24-16)9-1-2-12-13(5-9)22-8-21-12/h1-7H,8H2,(H,17,23)(H,18,19,20). The van der Waals surface area contributed by atoms with Crippen LogP contribution in [0, 0.1) is 4.64 Å². The van der Waals surface area contributed by atoms with Crippen LogP contribution in [0.25, 0.3) is 11.3 Å². The molecule has 0 saturated heterocycles. The average Bonchev–Trinajstić information content (AvgIpc) is 3.23. The first kappa shape index (κ1) is 14.9. The second-order valence-electron chi connectivity index (χ2n) is 5.00. The fourth-order valence-electron chi connectivity index (χ4n) is 2.27. The fraction of sp³-hybridized carbons (Fsp3) is 0.0625. The van der Waals surface area contributed by atoms with Crippen LogP contribution in [-0.4, -0.2) is 22.7 Å². The number of H-pyrrole nitrogens is 1. The van der Waals surface area contributed by atoms with Gasteiger partial charge < -0.3 is 14.5 Å². The monoisotopic (exact) mass is 357 g/mol. The number of aromatic nitrogens is 2. The van der Waals surface area contributed by atoms with Crippen molar-refractivity contribution >= 4 is 34.6 Å². The molecule has 0 aliphatic carbocycles. The van der Waals surface area contributed by atoms with Crippen molar-refractivity contribution in [3.05, 3.63) is 52.1 Å². The summed E-state index contributed by atoms with van der Waals surface area (Å²) in [6.45, 7) is 0.233. The number of hydrogen-bond donors (Lipinski definition) is 2. The van der Waals surface area contributed by atoms with Crippen LogP contribution in [0.5, 0.6) is 11.5 Å². The lowest BCUT2D eigenvalue weighted by molar-refractivity contribution is 0.102. The Morgan fingerprint density at radius 2 is 2.12 bits per heavy atom. The van der Waals surface area contributed by atoms with Gasteiger partial charge in [0.25, 0.3) is 5.91 Å². The van der Waals surface area contributed by atoms with Gasteiger partial charge in [-0.2, -0.15) is 0 Å². The molecule has 6 nitrogen and oxygen atoms in total. The zero-order valence-corrected chi connectivity index (χ0v) is 13.9. The highest BCUT2D eigenvalue weighted by Gasteiger charge is 2.15. The number of fused-ring (bicyclic) bond motifs is 1. The van der Waals surface area contributed by atoms with E-state index < -0.39 is 0 Å². The lowest BCUT2D eigenvalue weighted by atomic mass is 10.1. The number of aromatic amines is 1. The Hall–Kier alpha value is -2.71. The van der Waals surface area contributed by atoms with E-state index in [1.54, 1.807) is 18.3 Å². The van der Waals surface area contributed by atoms with Crippen LogP contribution < -0.4 is 14.8 Å². The molecule has 0 unspecified atom stereocenters. The zero-order valence-electron chi connectivity index (χ0n) is 12.2. The highest BCUT2D eigenvalue weighted by atomic mass is 32.1. The van der Waals surface area contributed by atoms with Crippen molar-refractivity contribution in [1.29, 1.82) is 0 Å². The van der Waals surface area contributed by atoms with Crippen LogP contribution in [-0.2, 0) is 0 Å². The van der Waals surface area contributed by atoms with Gasteiger partial charge in [0, 0.05) is 22.7 Å². The van der Waals surface area contributed by atoms with Gasteiger partial charge in [-0.05, 0) is 30.3 Å². The summed E-state index contributed by atoms with van der Waals surface area (Å²) in [6.07, 6.45) is 1.64. The molecule has 120 valence electrons. The molecule has 0 bridgehead atoms. The zero-order chi connectivity index (χ0) is 16.5. The smallest absolute Gasteiger partial charge is 0.257 e. The van der Waals surface area contributed by atoms with Crippen molar-refractivity contribution in [3.8, 4) is 22.8 Å². The van der Waals surface area contributed by atoms with E-state index in [4.69, 9.17) is 21.7 Å². The molecule has 0 saturated carbocycles. The third-order valence-corrected chi connectivity index (χ3v) is 4.42. The molecular formula is C16H11N3O3S2. The molecule has 1 aliphatic rings. The number of nitrogens with one attached hydrogen (secondary N) is 2. The largest absolute Gasteiger partial charge is 0.454 e. The summed E-state index contributed by atoms with van der Waals surface area (Å²) in [6, 6.07) is 8.90. The first-order valence-electron chi connectivity index (χ1n) is 7.05. The normalized spacial score (nSPS) is 12.2. The summed E-state index contributed by atoms with van der Waals surface area (Å²) in [4.78, 5) is 19.5. The van der Waals surface area contributed by atoms with E-state index in [1.165, 1.54) is 11.3 Å². The van der Waals surface area contributed by atoms with Gasteiger partial charge in [-0.3, -0.25) is 10.1 Å². The number of carbonyl (C=O) groups excluding carboxylic acids is 1. The number of anilines is 1. The first-order valence-corrected chi connectivity index (χ1v) is 8.33. The van der Waals surface area contributed by atoms with E-state index in [1.807, 2.05) is 23.6 Å². The number of pyridine rings is 1. The molecule has 24 heavy (non-hydrogen) atoms. The van der Waals surface area contributed by atoms with Crippen LogP contribution >= 0.6 is 23.6 Å². The quantitative estimate of drug-likeness (QED) is 0.696. The summed E-state index contributed by atoms with van der Waals surface area (Å²) < 4.78 is 11.2. The van der Waals surface area contributed by atoms with Crippen LogP contribution in [0.1, 0.15) is 10.4 Å². The molecule has 1 amide bonds. The van der Waals surface area contributed by atoms with E-state index in [2.05, 4.69) is 15.3 Å². The summed E-state index contributed by atoms with van der Waals surface area (Å²) in [5.41, 5.74) is 2.15. The number of thiazole rings is 1. The van der Waals surface area contributed by atoms with E-state index in [0.29, 0.717) is 21.1 Å². The molecule has 3 heterocycles. The number of hydrogen-bond acceptors (Lipinski definition) is 6. The topological polar surface area (TPSA) is 76.2 Å². The van der Waals surface area contributed by atoms with Crippen molar-refractivity contribution in [3.63, 3.8) is 0 Å². The number of amides is 1. The first-order chi connectivity index (χ1) is 11.7. The third-order valence-electron chi connectivity index (χ3n) is 3.43. The Kier molecular flexibility index (Phi) is 3.75. The highest BCUT2D eigenvalue weighted by molar-refractivity contribution is 7.71. The summed E-state index contributed by atoms with van der Waals surface area (Å²) in [7, 11) is 0. The minimum absolute atomic E-state index is 0.233. The molecule has 2 aromatic heterocycles. The molecule has 0 atom stereocenters. The molecule has 0 radical (unpaired) electrons. The number of benzene rings is 1. The Balaban J connectivity index is 1.55. The minimum Gasteiger partial charge on any atom is -0.454 e. The highest BCUT2D eigenvalue weighted by Crippen LogP contribution is 2.36. The van der Waals surface area contributed by atoms with Gasteiger partial charge in [0.2, 0.25) is 6.79 Å². The number of rotatable bonds is 3. The Labute approximate surface area is 146 Å². The van der Waals surface area contributed by atoms with Crippen LogP contribution in [0.3, 0.4) is 0 Å². The van der Waals surface area contributed by atoms with E-state index >= 15 is 0 Å². The average molecular weight is 357 g/mol. The van der Waals surface area contributed by atoms with Gasteiger partial charge in [0.15, 0.2) is 16.6 Å².